The van der Waals surface area contributed by atoms with Gasteiger partial charge in [0.1, 0.15) is 5.92 Å². The quantitative estimate of drug-likeness (QED) is 0.808. The van der Waals surface area contributed by atoms with Crippen LogP contribution in [0, 0.1) is 5.92 Å². The average Bonchev–Trinajstić information content (AvgIpc) is 3.06. The van der Waals surface area contributed by atoms with Gasteiger partial charge < -0.3 is 19.3 Å². The molecule has 0 spiro atoms. The highest BCUT2D eigenvalue weighted by atomic mass is 32.1. The summed E-state index contributed by atoms with van der Waals surface area (Å²) in [7, 11) is 0.955. The van der Waals surface area contributed by atoms with Gasteiger partial charge in [0.15, 0.2) is 0 Å². The molecule has 0 saturated heterocycles. The largest absolute Gasteiger partial charge is 0.466 e. The molecule has 2 rings (SSSR count). The van der Waals surface area contributed by atoms with E-state index >= 15 is 0 Å². The molecule has 2 heterocycles. The van der Waals surface area contributed by atoms with Crippen LogP contribution >= 0.6 is 11.3 Å². The number of methoxy groups -OCH3 is 1. The van der Waals surface area contributed by atoms with Gasteiger partial charge in [-0.05, 0) is 24.4 Å². The van der Waals surface area contributed by atoms with Gasteiger partial charge >= 0.3 is 23.9 Å². The lowest BCUT2D eigenvalue weighted by Gasteiger charge is -2.41. The highest BCUT2D eigenvalue weighted by Gasteiger charge is 2.68. The summed E-state index contributed by atoms with van der Waals surface area (Å²) in [4.78, 5) is 24.2. The minimum Gasteiger partial charge on any atom is -0.466 e. The van der Waals surface area contributed by atoms with Crippen LogP contribution in [0.1, 0.15) is 17.7 Å². The molecule has 0 bridgehead atoms. The first-order valence-corrected chi connectivity index (χ1v) is 8.02. The number of aliphatic hydroxyl groups is 1. The van der Waals surface area contributed by atoms with Crippen LogP contribution in [0.5, 0.6) is 0 Å². The molecule has 10 heteroatoms. The van der Waals surface area contributed by atoms with Gasteiger partial charge in [0.2, 0.25) is 5.76 Å². The van der Waals surface area contributed by atoms with Crippen molar-refractivity contribution in [2.75, 3.05) is 13.7 Å². The fourth-order valence-electron chi connectivity index (χ4n) is 2.48. The Morgan fingerprint density at radius 1 is 1.44 bits per heavy atom. The molecule has 0 aromatic carbocycles. The van der Waals surface area contributed by atoms with E-state index in [-0.39, 0.29) is 6.61 Å². The minimum atomic E-state index is -5.37. The molecule has 3 atom stereocenters. The third-order valence-electron chi connectivity index (χ3n) is 3.58. The number of ether oxygens (including phenoxy) is 3. The summed E-state index contributed by atoms with van der Waals surface area (Å²) in [6.07, 6.45) is -4.34. The molecule has 6 nitrogen and oxygen atoms in total. The molecule has 25 heavy (non-hydrogen) atoms. The highest BCUT2D eigenvalue weighted by molar-refractivity contribution is 7.10. The summed E-state index contributed by atoms with van der Waals surface area (Å²) < 4.78 is 54.3. The van der Waals surface area contributed by atoms with Crippen LogP contribution in [0.2, 0.25) is 0 Å². The summed E-state index contributed by atoms with van der Waals surface area (Å²) >= 11 is 1.06. The number of carbonyl (C=O) groups excluding carboxylic acids is 2. The second-order valence-electron chi connectivity index (χ2n) is 5.09. The predicted octanol–water partition coefficient (Wildman–Crippen LogP) is 2.35. The molecule has 0 aliphatic carbocycles. The van der Waals surface area contributed by atoms with Gasteiger partial charge in [-0.1, -0.05) is 6.07 Å². The normalized spacial score (nSPS) is 26.4. The predicted molar refractivity (Wildman–Crippen MR) is 79.4 cm³/mol. The lowest BCUT2D eigenvalue weighted by atomic mass is 9.81. The molecule has 0 amide bonds. The van der Waals surface area contributed by atoms with Crippen molar-refractivity contribution in [1.29, 1.82) is 0 Å². The molecule has 0 fully saturated rings. The Labute approximate surface area is 144 Å². The molecule has 0 saturated carbocycles. The Bertz CT molecular complexity index is 669. The fraction of sp³-hybridized carbons (Fsp3) is 0.467. The number of allylic oxidation sites excluding steroid dienone is 1. The second kappa shape index (κ2) is 7.04. The fourth-order valence-corrected chi connectivity index (χ4v) is 3.31. The van der Waals surface area contributed by atoms with E-state index in [0.29, 0.717) is 4.88 Å². The number of thiophene rings is 1. The smallest absolute Gasteiger partial charge is 0.456 e. The van der Waals surface area contributed by atoms with Crippen molar-refractivity contribution in [3.05, 3.63) is 34.2 Å². The van der Waals surface area contributed by atoms with E-state index in [0.717, 1.165) is 24.5 Å². The molecule has 0 unspecified atom stereocenters. The Balaban J connectivity index is 2.64. The van der Waals surface area contributed by atoms with Crippen molar-refractivity contribution < 1.29 is 42.1 Å². The summed E-state index contributed by atoms with van der Waals surface area (Å²) in [6, 6.07) is 3.05. The Hall–Kier alpha value is -2.07. The van der Waals surface area contributed by atoms with Crippen LogP contribution < -0.4 is 0 Å². The monoisotopic (exact) mass is 380 g/mol. The molecular weight excluding hydrogens is 365 g/mol. The summed E-state index contributed by atoms with van der Waals surface area (Å²) in [5, 5.41) is 11.8. The number of rotatable bonds is 4. The standard InChI is InChI=1S/C15H15F3O6S/c1-3-23-13(20)11-8(10-5-4-6-25-10)7-9(12(19)22-2)24-14(11,21)15(16,17)18/h4-8,11,21H,3H2,1-2H3/t8-,11+,14-/m0/s1. The van der Waals surface area contributed by atoms with Crippen LogP contribution in [-0.2, 0) is 23.8 Å². The molecule has 1 N–H and O–H groups in total. The van der Waals surface area contributed by atoms with Crippen LogP contribution in [0.3, 0.4) is 0 Å². The van der Waals surface area contributed by atoms with Crippen molar-refractivity contribution in [1.82, 2.24) is 0 Å². The first-order valence-electron chi connectivity index (χ1n) is 7.14. The number of halogens is 3. The van der Waals surface area contributed by atoms with Gasteiger partial charge in [-0.15, -0.1) is 11.3 Å². The maximum atomic E-state index is 13.6. The van der Waals surface area contributed by atoms with Gasteiger partial charge in [-0.25, -0.2) is 4.79 Å². The lowest BCUT2D eigenvalue weighted by Crippen LogP contribution is -2.59. The zero-order valence-electron chi connectivity index (χ0n) is 13.2. The van der Waals surface area contributed by atoms with Gasteiger partial charge in [0.05, 0.1) is 13.7 Å². The summed E-state index contributed by atoms with van der Waals surface area (Å²) in [5.41, 5.74) is 0. The lowest BCUT2D eigenvalue weighted by molar-refractivity contribution is -0.375. The Morgan fingerprint density at radius 2 is 2.12 bits per heavy atom. The summed E-state index contributed by atoms with van der Waals surface area (Å²) in [6.45, 7) is 1.23. The van der Waals surface area contributed by atoms with Crippen molar-refractivity contribution in [2.45, 2.75) is 24.8 Å². The van der Waals surface area contributed by atoms with E-state index in [2.05, 4.69) is 9.47 Å². The maximum Gasteiger partial charge on any atom is 0.456 e. The maximum absolute atomic E-state index is 13.6. The molecule has 0 radical (unpaired) electrons. The van der Waals surface area contributed by atoms with Gasteiger partial charge in [-0.2, -0.15) is 13.2 Å². The van der Waals surface area contributed by atoms with E-state index in [1.165, 1.54) is 13.0 Å². The van der Waals surface area contributed by atoms with E-state index in [4.69, 9.17) is 4.74 Å². The average molecular weight is 380 g/mol. The number of hydrogen-bond acceptors (Lipinski definition) is 7. The van der Waals surface area contributed by atoms with E-state index in [1.807, 2.05) is 0 Å². The van der Waals surface area contributed by atoms with E-state index in [9.17, 15) is 27.9 Å². The molecular formula is C15H15F3O6S. The minimum absolute atomic E-state index is 0.187. The first kappa shape index (κ1) is 19.3. The van der Waals surface area contributed by atoms with Gasteiger partial charge in [0.25, 0.3) is 0 Å². The molecule has 1 aromatic heterocycles. The molecule has 1 aromatic rings. The van der Waals surface area contributed by atoms with E-state index < -0.39 is 41.5 Å². The SMILES string of the molecule is CCOC(=O)[C@H]1[C@H](c2cccs2)C=C(C(=O)OC)O[C@]1(O)C(F)(F)F. The number of alkyl halides is 3. The zero-order chi connectivity index (χ0) is 18.8. The highest BCUT2D eigenvalue weighted by Crippen LogP contribution is 2.50. The number of esters is 2. The van der Waals surface area contributed by atoms with Crippen molar-refractivity contribution in [2.24, 2.45) is 5.92 Å². The third kappa shape index (κ3) is 3.49. The van der Waals surface area contributed by atoms with Crippen molar-refractivity contribution >= 4 is 23.3 Å². The third-order valence-corrected chi connectivity index (χ3v) is 4.56. The summed E-state index contributed by atoms with van der Waals surface area (Å²) in [5.74, 6) is -10.7. The van der Waals surface area contributed by atoms with Gasteiger partial charge in [-0.3, -0.25) is 4.79 Å². The Kier molecular flexibility index (Phi) is 5.43. The molecule has 1 aliphatic rings. The van der Waals surface area contributed by atoms with Crippen LogP contribution in [0.4, 0.5) is 13.2 Å². The molecule has 1 aliphatic heterocycles. The molecule has 138 valence electrons. The van der Waals surface area contributed by atoms with Crippen LogP contribution in [-0.4, -0.2) is 42.7 Å². The van der Waals surface area contributed by atoms with Crippen LogP contribution in [0.15, 0.2) is 29.3 Å². The van der Waals surface area contributed by atoms with Crippen molar-refractivity contribution in [3.63, 3.8) is 0 Å². The number of hydrogen-bond donors (Lipinski definition) is 1. The first-order chi connectivity index (χ1) is 11.7. The van der Waals surface area contributed by atoms with E-state index in [1.54, 1.807) is 11.4 Å². The number of carbonyl (C=O) groups is 2. The van der Waals surface area contributed by atoms with Gasteiger partial charge in [0, 0.05) is 10.8 Å². The zero-order valence-corrected chi connectivity index (χ0v) is 14.0. The van der Waals surface area contributed by atoms with Crippen molar-refractivity contribution in [3.8, 4) is 0 Å². The van der Waals surface area contributed by atoms with Crippen LogP contribution in [0.25, 0.3) is 0 Å². The topological polar surface area (TPSA) is 82.1 Å². The second-order valence-corrected chi connectivity index (χ2v) is 6.07. The Morgan fingerprint density at radius 3 is 2.60 bits per heavy atom.